The van der Waals surface area contributed by atoms with Gasteiger partial charge in [-0.3, -0.25) is 4.79 Å². The maximum absolute atomic E-state index is 10.3. The van der Waals surface area contributed by atoms with Crippen LogP contribution in [0.15, 0.2) is 0 Å². The zero-order valence-corrected chi connectivity index (χ0v) is 4.03. The molecule has 0 unspecified atom stereocenters. The van der Waals surface area contributed by atoms with Crippen LogP contribution in [0.1, 0.15) is 19.3 Å². The van der Waals surface area contributed by atoms with E-state index in [0.717, 1.165) is 0 Å². The minimum atomic E-state index is 0.227. The number of rotatable bonds is 0. The van der Waals surface area contributed by atoms with Gasteiger partial charge in [0, 0.05) is 18.6 Å². The molecule has 0 saturated heterocycles. The Hall–Kier alpha value is -0.660. The molecule has 7 heavy (non-hydrogen) atoms. The van der Waals surface area contributed by atoms with Crippen molar-refractivity contribution in [3.05, 3.63) is 0 Å². The average Bonchev–Trinajstić information content (AvgIpc) is 1.87. The van der Waals surface area contributed by atoms with Crippen LogP contribution in [-0.2, 0) is 4.79 Å². The maximum Gasteiger partial charge on any atom is 0.138 e. The van der Waals surface area contributed by atoms with Crippen LogP contribution < -0.4 is 0 Å². The molecular weight excluding hydrogens is 90.1 g/mol. The van der Waals surface area contributed by atoms with Gasteiger partial charge in [-0.25, -0.2) is 0 Å². The second-order valence-electron chi connectivity index (χ2n) is 1.82. The Labute approximate surface area is 42.0 Å². The number of ketones is 1. The number of nitrogens with one attached hydrogen (secondary N) is 1. The molecule has 0 bridgehead atoms. The van der Waals surface area contributed by atoms with Gasteiger partial charge < -0.3 is 5.41 Å². The highest BCUT2D eigenvalue weighted by Crippen LogP contribution is 2.08. The summed E-state index contributed by atoms with van der Waals surface area (Å²) in [6, 6.07) is 0. The number of hydrogen-bond donors (Lipinski definition) is 1. The SMILES string of the molecule is N=C1CCC(=O)C1. The van der Waals surface area contributed by atoms with Gasteiger partial charge >= 0.3 is 0 Å². The van der Waals surface area contributed by atoms with Crippen LogP contribution in [0.5, 0.6) is 0 Å². The molecule has 0 aliphatic heterocycles. The molecule has 0 atom stereocenters. The molecule has 2 nitrogen and oxygen atoms in total. The van der Waals surface area contributed by atoms with Crippen molar-refractivity contribution in [2.75, 3.05) is 0 Å². The van der Waals surface area contributed by atoms with E-state index >= 15 is 0 Å². The summed E-state index contributed by atoms with van der Waals surface area (Å²) < 4.78 is 0. The van der Waals surface area contributed by atoms with Gasteiger partial charge in [0.05, 0.1) is 0 Å². The van der Waals surface area contributed by atoms with Crippen molar-refractivity contribution in [3.63, 3.8) is 0 Å². The van der Waals surface area contributed by atoms with Crippen molar-refractivity contribution >= 4 is 11.5 Å². The van der Waals surface area contributed by atoms with Gasteiger partial charge in [-0.15, -0.1) is 0 Å². The Balaban J connectivity index is 2.55. The Bertz CT molecular complexity index is 103. The second kappa shape index (κ2) is 1.45. The van der Waals surface area contributed by atoms with Gasteiger partial charge in [0.25, 0.3) is 0 Å². The topological polar surface area (TPSA) is 40.9 Å². The van der Waals surface area contributed by atoms with Crippen LogP contribution in [0.3, 0.4) is 0 Å². The molecule has 0 heterocycles. The van der Waals surface area contributed by atoms with E-state index in [0.29, 0.717) is 25.0 Å². The lowest BCUT2D eigenvalue weighted by atomic mass is 10.3. The third kappa shape index (κ3) is 0.856. The van der Waals surface area contributed by atoms with Crippen LogP contribution in [0.25, 0.3) is 0 Å². The summed E-state index contributed by atoms with van der Waals surface area (Å²) in [7, 11) is 0. The van der Waals surface area contributed by atoms with Crippen LogP contribution in [0, 0.1) is 5.41 Å². The first-order chi connectivity index (χ1) is 3.29. The van der Waals surface area contributed by atoms with E-state index in [1.54, 1.807) is 0 Å². The fourth-order valence-corrected chi connectivity index (χ4v) is 0.705. The van der Waals surface area contributed by atoms with E-state index in [-0.39, 0.29) is 5.78 Å². The Morgan fingerprint density at radius 2 is 2.14 bits per heavy atom. The molecule has 1 aliphatic rings. The molecule has 0 aromatic heterocycles. The van der Waals surface area contributed by atoms with Crippen LogP contribution >= 0.6 is 0 Å². The van der Waals surface area contributed by atoms with E-state index in [1.807, 2.05) is 0 Å². The van der Waals surface area contributed by atoms with Crippen molar-refractivity contribution in [2.45, 2.75) is 19.3 Å². The molecule has 0 spiro atoms. The minimum absolute atomic E-state index is 0.227. The second-order valence-corrected chi connectivity index (χ2v) is 1.82. The number of Topliss-reactive ketones (excluding diaryl/α,β-unsaturated/α-hetero) is 1. The molecule has 1 N–H and O–H groups in total. The van der Waals surface area contributed by atoms with E-state index < -0.39 is 0 Å². The molecule has 0 aromatic carbocycles. The van der Waals surface area contributed by atoms with Gasteiger partial charge in [-0.05, 0) is 6.42 Å². The lowest BCUT2D eigenvalue weighted by molar-refractivity contribution is -0.116. The molecule has 1 fully saturated rings. The first kappa shape index (κ1) is 4.50. The molecular formula is C5H7NO. The molecule has 0 radical (unpaired) electrons. The summed E-state index contributed by atoms with van der Waals surface area (Å²) in [6.07, 6.45) is 1.73. The largest absolute Gasteiger partial charge is 0.309 e. The van der Waals surface area contributed by atoms with Gasteiger partial charge in [0.2, 0.25) is 0 Å². The molecule has 1 saturated carbocycles. The van der Waals surface area contributed by atoms with E-state index in [9.17, 15) is 4.79 Å². The summed E-state index contributed by atoms with van der Waals surface area (Å²) >= 11 is 0. The zero-order valence-electron chi connectivity index (χ0n) is 4.03. The smallest absolute Gasteiger partial charge is 0.138 e. The fraction of sp³-hybridized carbons (Fsp3) is 0.600. The molecule has 0 amide bonds. The molecule has 1 rings (SSSR count). The van der Waals surface area contributed by atoms with Gasteiger partial charge in [-0.2, -0.15) is 0 Å². The van der Waals surface area contributed by atoms with Crippen molar-refractivity contribution in [3.8, 4) is 0 Å². The summed E-state index contributed by atoms with van der Waals surface area (Å²) in [5, 5.41) is 6.96. The number of hydrogen-bond acceptors (Lipinski definition) is 2. The van der Waals surface area contributed by atoms with Crippen molar-refractivity contribution in [1.29, 1.82) is 5.41 Å². The Morgan fingerprint density at radius 3 is 2.29 bits per heavy atom. The Kier molecular flexibility index (Phi) is 0.929. The number of carbonyl (C=O) groups excluding carboxylic acids is 1. The predicted octanol–water partition coefficient (Wildman–Crippen LogP) is 0.759. The van der Waals surface area contributed by atoms with Crippen LogP contribution in [0.2, 0.25) is 0 Å². The third-order valence-corrected chi connectivity index (χ3v) is 1.12. The highest BCUT2D eigenvalue weighted by atomic mass is 16.1. The summed E-state index contributed by atoms with van der Waals surface area (Å²) in [5.74, 6) is 0.227. The highest BCUT2D eigenvalue weighted by molar-refractivity contribution is 6.06. The normalized spacial score (nSPS) is 21.1. The number of carbonyl (C=O) groups is 1. The van der Waals surface area contributed by atoms with E-state index in [1.165, 1.54) is 0 Å². The summed E-state index contributed by atoms with van der Waals surface area (Å²) in [5.41, 5.74) is 0.602. The summed E-state index contributed by atoms with van der Waals surface area (Å²) in [6.45, 7) is 0. The lowest BCUT2D eigenvalue weighted by Crippen LogP contribution is -1.87. The molecule has 0 aromatic rings. The van der Waals surface area contributed by atoms with Crippen molar-refractivity contribution in [2.24, 2.45) is 0 Å². The zero-order chi connectivity index (χ0) is 5.28. The first-order valence-corrected chi connectivity index (χ1v) is 2.37. The molecule has 2 heteroatoms. The standard InChI is InChI=1S/C5H7NO/c6-4-1-2-5(7)3-4/h6H,1-3H2. The third-order valence-electron chi connectivity index (χ3n) is 1.12. The molecule has 1 aliphatic carbocycles. The van der Waals surface area contributed by atoms with Gasteiger partial charge in [0.15, 0.2) is 0 Å². The predicted molar refractivity (Wildman–Crippen MR) is 26.6 cm³/mol. The quantitative estimate of drug-likeness (QED) is 0.476. The van der Waals surface area contributed by atoms with Crippen LogP contribution in [0.4, 0.5) is 0 Å². The minimum Gasteiger partial charge on any atom is -0.309 e. The highest BCUT2D eigenvalue weighted by Gasteiger charge is 2.13. The van der Waals surface area contributed by atoms with E-state index in [2.05, 4.69) is 0 Å². The fourth-order valence-electron chi connectivity index (χ4n) is 0.705. The summed E-state index contributed by atoms with van der Waals surface area (Å²) in [4.78, 5) is 10.3. The maximum atomic E-state index is 10.3. The first-order valence-electron chi connectivity index (χ1n) is 2.37. The monoisotopic (exact) mass is 97.1 g/mol. The van der Waals surface area contributed by atoms with Gasteiger partial charge in [0.1, 0.15) is 5.78 Å². The van der Waals surface area contributed by atoms with Gasteiger partial charge in [-0.1, -0.05) is 0 Å². The van der Waals surface area contributed by atoms with Crippen LogP contribution in [-0.4, -0.2) is 11.5 Å². The lowest BCUT2D eigenvalue weighted by Gasteiger charge is -1.76. The van der Waals surface area contributed by atoms with E-state index in [4.69, 9.17) is 5.41 Å². The van der Waals surface area contributed by atoms with Crippen molar-refractivity contribution < 1.29 is 4.79 Å². The molecule has 38 valence electrons. The average molecular weight is 97.1 g/mol. The van der Waals surface area contributed by atoms with Crippen molar-refractivity contribution in [1.82, 2.24) is 0 Å². The Morgan fingerprint density at radius 1 is 1.43 bits per heavy atom.